The van der Waals surface area contributed by atoms with Crippen molar-refractivity contribution in [1.29, 1.82) is 0 Å². The summed E-state index contributed by atoms with van der Waals surface area (Å²) in [5.74, 6) is -0.538. The molecule has 3 rings (SSSR count). The molecule has 6 heteroatoms. The van der Waals surface area contributed by atoms with Crippen LogP contribution < -0.4 is 10.6 Å². The molecular weight excluding hydrogens is 443 g/mol. The molecule has 0 aliphatic heterocycles. The van der Waals surface area contributed by atoms with E-state index in [-0.39, 0.29) is 17.2 Å². The van der Waals surface area contributed by atoms with E-state index in [0.717, 1.165) is 5.56 Å². The molecule has 0 spiro atoms. The maximum Gasteiger partial charge on any atom is 0.255 e. The molecule has 0 aromatic heterocycles. The molecule has 3 aromatic rings. The van der Waals surface area contributed by atoms with Crippen LogP contribution in [0.25, 0.3) is 6.08 Å². The molecule has 0 saturated heterocycles. The minimum Gasteiger partial charge on any atom is -0.322 e. The largest absolute Gasteiger partial charge is 0.322 e. The van der Waals surface area contributed by atoms with Gasteiger partial charge < -0.3 is 10.6 Å². The van der Waals surface area contributed by atoms with E-state index < -0.39 is 0 Å². The lowest BCUT2D eigenvalue weighted by atomic mass is 9.87. The van der Waals surface area contributed by atoms with E-state index in [0.29, 0.717) is 32.5 Å². The van der Waals surface area contributed by atoms with Gasteiger partial charge in [-0.25, -0.2) is 0 Å². The van der Waals surface area contributed by atoms with Crippen LogP contribution in [0.15, 0.2) is 72.8 Å². The number of benzene rings is 3. The molecule has 0 fully saturated rings. The molecule has 2 N–H and O–H groups in total. The summed E-state index contributed by atoms with van der Waals surface area (Å²) in [6, 6.07) is 19.6. The van der Waals surface area contributed by atoms with Crippen LogP contribution in [0.4, 0.5) is 11.4 Å². The Balaban J connectivity index is 1.64. The van der Waals surface area contributed by atoms with E-state index in [9.17, 15) is 9.59 Å². The molecule has 4 nitrogen and oxygen atoms in total. The summed E-state index contributed by atoms with van der Waals surface area (Å²) in [6.07, 6.45) is 3.00. The molecule has 0 radical (unpaired) electrons. The second-order valence-electron chi connectivity index (χ2n) is 8.35. The lowest BCUT2D eigenvalue weighted by molar-refractivity contribution is -0.111. The van der Waals surface area contributed by atoms with Crippen LogP contribution in [0.1, 0.15) is 42.3 Å². The van der Waals surface area contributed by atoms with E-state index in [4.69, 9.17) is 23.2 Å². The first kappa shape index (κ1) is 23.6. The van der Waals surface area contributed by atoms with Crippen LogP contribution in [0.3, 0.4) is 0 Å². The van der Waals surface area contributed by atoms with Crippen LogP contribution in [0, 0.1) is 0 Å². The third-order valence-electron chi connectivity index (χ3n) is 4.78. The van der Waals surface area contributed by atoms with Crippen LogP contribution in [-0.4, -0.2) is 11.8 Å². The predicted molar refractivity (Wildman–Crippen MR) is 134 cm³/mol. The Morgan fingerprint density at radius 1 is 0.844 bits per heavy atom. The van der Waals surface area contributed by atoms with Gasteiger partial charge in [0.15, 0.2) is 0 Å². The molecular formula is C26H24Cl2N2O2. The predicted octanol–water partition coefficient (Wildman–Crippen LogP) is 7.20. The van der Waals surface area contributed by atoms with Crippen molar-refractivity contribution in [3.63, 3.8) is 0 Å². The number of halogens is 2. The van der Waals surface area contributed by atoms with Gasteiger partial charge in [0.05, 0.1) is 0 Å². The van der Waals surface area contributed by atoms with Gasteiger partial charge in [-0.3, -0.25) is 9.59 Å². The monoisotopic (exact) mass is 466 g/mol. The first-order valence-electron chi connectivity index (χ1n) is 10.1. The SMILES string of the molecule is CC(C)(C)c1ccc(C(=O)Nc2cccc(NC(=O)/C=C/c3ccc(Cl)cc3Cl)c2)cc1. The highest BCUT2D eigenvalue weighted by Gasteiger charge is 2.14. The van der Waals surface area contributed by atoms with E-state index in [1.165, 1.54) is 6.08 Å². The van der Waals surface area contributed by atoms with E-state index >= 15 is 0 Å². The number of carbonyl (C=O) groups excluding carboxylic acids is 2. The topological polar surface area (TPSA) is 58.2 Å². The van der Waals surface area contributed by atoms with Crippen molar-refractivity contribution in [2.45, 2.75) is 26.2 Å². The van der Waals surface area contributed by atoms with Crippen molar-refractivity contribution in [2.24, 2.45) is 0 Å². The van der Waals surface area contributed by atoms with Crippen LogP contribution in [0.2, 0.25) is 10.0 Å². The Labute approximate surface area is 198 Å². The van der Waals surface area contributed by atoms with Crippen molar-refractivity contribution >= 4 is 52.5 Å². The molecule has 3 aromatic carbocycles. The quantitative estimate of drug-likeness (QED) is 0.390. The molecule has 0 aliphatic carbocycles. The van der Waals surface area contributed by atoms with Gasteiger partial charge in [-0.15, -0.1) is 0 Å². The van der Waals surface area contributed by atoms with Crippen LogP contribution >= 0.6 is 23.2 Å². The average Bonchev–Trinajstić information content (AvgIpc) is 2.73. The molecule has 32 heavy (non-hydrogen) atoms. The third-order valence-corrected chi connectivity index (χ3v) is 5.34. The number of rotatable bonds is 5. The molecule has 0 atom stereocenters. The van der Waals surface area contributed by atoms with Crippen molar-refractivity contribution < 1.29 is 9.59 Å². The van der Waals surface area contributed by atoms with Gasteiger partial charge in [0.1, 0.15) is 0 Å². The first-order valence-corrected chi connectivity index (χ1v) is 10.8. The van der Waals surface area contributed by atoms with Gasteiger partial charge in [-0.1, -0.05) is 68.2 Å². The second-order valence-corrected chi connectivity index (χ2v) is 9.19. The zero-order chi connectivity index (χ0) is 23.3. The fourth-order valence-corrected chi connectivity index (χ4v) is 3.46. The molecule has 2 amide bonds. The minimum atomic E-state index is -0.322. The zero-order valence-corrected chi connectivity index (χ0v) is 19.6. The summed E-state index contributed by atoms with van der Waals surface area (Å²) in [7, 11) is 0. The summed E-state index contributed by atoms with van der Waals surface area (Å²) >= 11 is 12.0. The summed E-state index contributed by atoms with van der Waals surface area (Å²) in [6.45, 7) is 6.38. The smallest absolute Gasteiger partial charge is 0.255 e. The van der Waals surface area contributed by atoms with Crippen LogP contribution in [-0.2, 0) is 10.2 Å². The fraction of sp³-hybridized carbons (Fsp3) is 0.154. The van der Waals surface area contributed by atoms with E-state index in [2.05, 4.69) is 31.4 Å². The van der Waals surface area contributed by atoms with Gasteiger partial charge >= 0.3 is 0 Å². The minimum absolute atomic E-state index is 0.0227. The highest BCUT2D eigenvalue weighted by Crippen LogP contribution is 2.24. The Kier molecular flexibility index (Phi) is 7.39. The Hall–Kier alpha value is -3.08. The van der Waals surface area contributed by atoms with E-state index in [1.807, 2.05) is 24.3 Å². The summed E-state index contributed by atoms with van der Waals surface area (Å²) in [4.78, 5) is 24.9. The maximum absolute atomic E-state index is 12.6. The normalized spacial score (nSPS) is 11.4. The highest BCUT2D eigenvalue weighted by molar-refractivity contribution is 6.35. The number of nitrogens with one attached hydrogen (secondary N) is 2. The zero-order valence-electron chi connectivity index (χ0n) is 18.1. The number of anilines is 2. The molecule has 164 valence electrons. The van der Waals surface area contributed by atoms with Gasteiger partial charge in [-0.2, -0.15) is 0 Å². The molecule has 0 aliphatic rings. The third kappa shape index (κ3) is 6.46. The van der Waals surface area contributed by atoms with Gasteiger partial charge in [0.2, 0.25) is 5.91 Å². The lowest BCUT2D eigenvalue weighted by Gasteiger charge is -2.19. The Morgan fingerprint density at radius 3 is 2.12 bits per heavy atom. The number of hydrogen-bond acceptors (Lipinski definition) is 2. The van der Waals surface area contributed by atoms with Gasteiger partial charge in [0.25, 0.3) is 5.91 Å². The van der Waals surface area contributed by atoms with Crippen molar-refractivity contribution in [2.75, 3.05) is 10.6 Å². The highest BCUT2D eigenvalue weighted by atomic mass is 35.5. The lowest BCUT2D eigenvalue weighted by Crippen LogP contribution is -2.14. The molecule has 0 bridgehead atoms. The fourth-order valence-electron chi connectivity index (χ4n) is 2.99. The standard InChI is InChI=1S/C26H24Cl2N2O2/c1-26(2,3)19-11-7-18(8-12-19)25(32)30-22-6-4-5-21(16-22)29-24(31)14-10-17-9-13-20(27)15-23(17)28/h4-16H,1-3H3,(H,29,31)(H,30,32)/b14-10+. The number of hydrogen-bond donors (Lipinski definition) is 2. The maximum atomic E-state index is 12.6. The summed E-state index contributed by atoms with van der Waals surface area (Å²) < 4.78 is 0. The number of carbonyl (C=O) groups is 2. The Bertz CT molecular complexity index is 1160. The van der Waals surface area contributed by atoms with Gasteiger partial charge in [-0.05, 0) is 65.1 Å². The molecule has 0 unspecified atom stereocenters. The molecule has 0 heterocycles. The average molecular weight is 467 g/mol. The number of amides is 2. The van der Waals surface area contributed by atoms with E-state index in [1.54, 1.807) is 48.5 Å². The molecule has 0 saturated carbocycles. The summed E-state index contributed by atoms with van der Waals surface area (Å²) in [5.41, 5.74) is 3.57. The van der Waals surface area contributed by atoms with Gasteiger partial charge in [0, 0.05) is 33.1 Å². The van der Waals surface area contributed by atoms with Crippen LogP contribution in [0.5, 0.6) is 0 Å². The van der Waals surface area contributed by atoms with Crippen molar-refractivity contribution in [3.8, 4) is 0 Å². The van der Waals surface area contributed by atoms with Crippen molar-refractivity contribution in [1.82, 2.24) is 0 Å². The van der Waals surface area contributed by atoms with Crippen molar-refractivity contribution in [3.05, 3.63) is 99.5 Å². The summed E-state index contributed by atoms with van der Waals surface area (Å²) in [5, 5.41) is 6.63. The second kappa shape index (κ2) is 10.0. The Morgan fingerprint density at radius 2 is 1.50 bits per heavy atom. The first-order chi connectivity index (χ1) is 15.1.